The van der Waals surface area contributed by atoms with Crippen molar-refractivity contribution in [2.75, 3.05) is 26.3 Å². The second-order valence-corrected chi connectivity index (χ2v) is 6.58. The van der Waals surface area contributed by atoms with Crippen molar-refractivity contribution < 1.29 is 19.1 Å². The number of hydrogen-bond acceptors (Lipinski definition) is 4. The second-order valence-electron chi connectivity index (χ2n) is 6.58. The Balaban J connectivity index is 1.95. The van der Waals surface area contributed by atoms with Crippen LogP contribution in [0.4, 0.5) is 0 Å². The highest BCUT2D eigenvalue weighted by molar-refractivity contribution is 5.96. The molecule has 0 aromatic rings. The Morgan fingerprint density at radius 2 is 1.79 bits per heavy atom. The van der Waals surface area contributed by atoms with Crippen molar-refractivity contribution in [2.45, 2.75) is 39.2 Å². The molecular formula is C14H21NO4. The summed E-state index contributed by atoms with van der Waals surface area (Å²) < 4.78 is 10.9. The smallest absolute Gasteiger partial charge is 0.313 e. The molecule has 3 aliphatic rings. The predicted octanol–water partition coefficient (Wildman–Crippen LogP) is 0.967. The first-order chi connectivity index (χ1) is 8.85. The second kappa shape index (κ2) is 3.72. The van der Waals surface area contributed by atoms with E-state index in [1.54, 1.807) is 4.90 Å². The standard InChI is InChI=1S/C14H21NO4/c1-12(2)13(3)4-5-14(12,19-11(13)17)10(16)15-6-8-18-9-7-15/h4-9H2,1-3H3/t13-,14-/m0/s1. The van der Waals surface area contributed by atoms with Gasteiger partial charge in [0.2, 0.25) is 0 Å². The molecule has 0 aromatic carbocycles. The van der Waals surface area contributed by atoms with Gasteiger partial charge in [-0.25, -0.2) is 0 Å². The molecule has 2 aliphatic heterocycles. The summed E-state index contributed by atoms with van der Waals surface area (Å²) in [6.07, 6.45) is 1.37. The summed E-state index contributed by atoms with van der Waals surface area (Å²) >= 11 is 0. The number of nitrogens with zero attached hydrogens (tertiary/aromatic N) is 1. The molecule has 5 nitrogen and oxygen atoms in total. The molecular weight excluding hydrogens is 246 g/mol. The molecule has 5 heteroatoms. The van der Waals surface area contributed by atoms with Crippen LogP contribution in [-0.4, -0.2) is 48.7 Å². The van der Waals surface area contributed by atoms with Crippen LogP contribution in [0.3, 0.4) is 0 Å². The molecule has 3 rings (SSSR count). The molecule has 0 spiro atoms. The molecule has 19 heavy (non-hydrogen) atoms. The van der Waals surface area contributed by atoms with Gasteiger partial charge in [0.1, 0.15) is 0 Å². The van der Waals surface area contributed by atoms with Crippen molar-refractivity contribution in [1.29, 1.82) is 0 Å². The molecule has 0 aromatic heterocycles. The first-order valence-electron chi connectivity index (χ1n) is 6.96. The molecule has 106 valence electrons. The first kappa shape index (κ1) is 12.9. The van der Waals surface area contributed by atoms with E-state index in [0.717, 1.165) is 6.42 Å². The number of hydrogen-bond donors (Lipinski definition) is 0. The number of fused-ring (bicyclic) bond motifs is 2. The van der Waals surface area contributed by atoms with Crippen molar-refractivity contribution in [3.05, 3.63) is 0 Å². The van der Waals surface area contributed by atoms with E-state index in [9.17, 15) is 9.59 Å². The zero-order chi connectivity index (χ0) is 13.9. The van der Waals surface area contributed by atoms with E-state index in [1.807, 2.05) is 20.8 Å². The van der Waals surface area contributed by atoms with Gasteiger partial charge in [0.05, 0.1) is 18.6 Å². The van der Waals surface area contributed by atoms with Crippen LogP contribution in [0.25, 0.3) is 0 Å². The highest BCUT2D eigenvalue weighted by Gasteiger charge is 2.76. The number of rotatable bonds is 1. The van der Waals surface area contributed by atoms with Gasteiger partial charge in [-0.05, 0) is 19.8 Å². The zero-order valence-electron chi connectivity index (χ0n) is 11.8. The maximum absolute atomic E-state index is 12.9. The molecule has 0 radical (unpaired) electrons. The number of amides is 1. The van der Waals surface area contributed by atoms with Gasteiger partial charge in [-0.1, -0.05) is 13.8 Å². The minimum Gasteiger partial charge on any atom is -0.448 e. The Morgan fingerprint density at radius 3 is 2.26 bits per heavy atom. The van der Waals surface area contributed by atoms with Crippen LogP contribution in [0, 0.1) is 10.8 Å². The SMILES string of the molecule is CC1(C)[C@@]2(C)CC[C@@]1(C(=O)N1CCOCC1)OC2=O. The van der Waals surface area contributed by atoms with Crippen LogP contribution in [0.2, 0.25) is 0 Å². The lowest BCUT2D eigenvalue weighted by atomic mass is 9.66. The van der Waals surface area contributed by atoms with Crippen LogP contribution < -0.4 is 0 Å². The van der Waals surface area contributed by atoms with Crippen molar-refractivity contribution in [3.63, 3.8) is 0 Å². The van der Waals surface area contributed by atoms with E-state index >= 15 is 0 Å². The Hall–Kier alpha value is -1.10. The fourth-order valence-electron chi connectivity index (χ4n) is 3.74. The normalized spacial score (nSPS) is 40.4. The third-order valence-electron chi connectivity index (χ3n) is 5.73. The molecule has 1 saturated carbocycles. The molecule has 1 amide bonds. The summed E-state index contributed by atoms with van der Waals surface area (Å²) in [7, 11) is 0. The number of carbonyl (C=O) groups is 2. The fourth-order valence-corrected chi connectivity index (χ4v) is 3.74. The van der Waals surface area contributed by atoms with E-state index in [2.05, 4.69) is 0 Å². The van der Waals surface area contributed by atoms with E-state index in [0.29, 0.717) is 32.7 Å². The summed E-state index contributed by atoms with van der Waals surface area (Å²) in [6, 6.07) is 0. The third-order valence-corrected chi connectivity index (χ3v) is 5.73. The lowest BCUT2D eigenvalue weighted by Crippen LogP contribution is -2.57. The van der Waals surface area contributed by atoms with Gasteiger partial charge in [0, 0.05) is 18.5 Å². The van der Waals surface area contributed by atoms with Crippen LogP contribution in [0.5, 0.6) is 0 Å². The van der Waals surface area contributed by atoms with E-state index in [-0.39, 0.29) is 11.9 Å². The van der Waals surface area contributed by atoms with Gasteiger partial charge in [-0.15, -0.1) is 0 Å². The number of esters is 1. The highest BCUT2D eigenvalue weighted by Crippen LogP contribution is 2.65. The largest absolute Gasteiger partial charge is 0.448 e. The fraction of sp³-hybridized carbons (Fsp3) is 0.857. The van der Waals surface area contributed by atoms with Gasteiger partial charge >= 0.3 is 5.97 Å². The molecule has 2 atom stereocenters. The van der Waals surface area contributed by atoms with Gasteiger partial charge in [-0.3, -0.25) is 9.59 Å². The van der Waals surface area contributed by atoms with Gasteiger partial charge in [0.25, 0.3) is 5.91 Å². The van der Waals surface area contributed by atoms with Crippen LogP contribution >= 0.6 is 0 Å². The maximum Gasteiger partial charge on any atom is 0.313 e. The summed E-state index contributed by atoms with van der Waals surface area (Å²) in [5, 5.41) is 0. The lowest BCUT2D eigenvalue weighted by molar-refractivity contribution is -0.176. The van der Waals surface area contributed by atoms with Crippen molar-refractivity contribution in [2.24, 2.45) is 10.8 Å². The van der Waals surface area contributed by atoms with E-state index in [4.69, 9.17) is 9.47 Å². The monoisotopic (exact) mass is 267 g/mol. The third kappa shape index (κ3) is 1.34. The Morgan fingerprint density at radius 1 is 1.16 bits per heavy atom. The molecule has 2 heterocycles. The number of ether oxygens (including phenoxy) is 2. The van der Waals surface area contributed by atoms with Gasteiger partial charge in [-0.2, -0.15) is 0 Å². The maximum atomic E-state index is 12.9. The highest BCUT2D eigenvalue weighted by atomic mass is 16.6. The van der Waals surface area contributed by atoms with Crippen LogP contribution in [0.1, 0.15) is 33.6 Å². The Bertz CT molecular complexity index is 441. The van der Waals surface area contributed by atoms with Gasteiger partial charge in [0.15, 0.2) is 5.60 Å². The quantitative estimate of drug-likeness (QED) is 0.664. The average molecular weight is 267 g/mol. The van der Waals surface area contributed by atoms with Crippen LogP contribution in [0.15, 0.2) is 0 Å². The first-order valence-corrected chi connectivity index (χ1v) is 6.96. The lowest BCUT2D eigenvalue weighted by Gasteiger charge is -2.40. The minimum absolute atomic E-state index is 0.0321. The number of morpholine rings is 1. The molecule has 0 unspecified atom stereocenters. The molecule has 0 N–H and O–H groups in total. The summed E-state index contributed by atoms with van der Waals surface area (Å²) in [4.78, 5) is 26.8. The van der Waals surface area contributed by atoms with E-state index in [1.165, 1.54) is 0 Å². The topological polar surface area (TPSA) is 55.8 Å². The minimum atomic E-state index is -0.962. The van der Waals surface area contributed by atoms with Crippen molar-refractivity contribution >= 4 is 11.9 Å². The molecule has 2 saturated heterocycles. The van der Waals surface area contributed by atoms with E-state index < -0.39 is 16.4 Å². The Labute approximate surface area is 113 Å². The molecule has 2 bridgehead atoms. The van der Waals surface area contributed by atoms with Gasteiger partial charge < -0.3 is 14.4 Å². The molecule has 3 fully saturated rings. The molecule has 1 aliphatic carbocycles. The van der Waals surface area contributed by atoms with Crippen LogP contribution in [-0.2, 0) is 19.1 Å². The summed E-state index contributed by atoms with van der Waals surface area (Å²) in [6.45, 7) is 8.21. The number of carbonyl (C=O) groups excluding carboxylic acids is 2. The van der Waals surface area contributed by atoms with Crippen molar-refractivity contribution in [1.82, 2.24) is 4.90 Å². The average Bonchev–Trinajstić information content (AvgIpc) is 2.69. The predicted molar refractivity (Wildman–Crippen MR) is 67.3 cm³/mol. The zero-order valence-corrected chi connectivity index (χ0v) is 11.8. The van der Waals surface area contributed by atoms with Crippen molar-refractivity contribution in [3.8, 4) is 0 Å². The summed E-state index contributed by atoms with van der Waals surface area (Å²) in [5.74, 6) is -0.249. The Kier molecular flexibility index (Phi) is 2.53. The summed E-state index contributed by atoms with van der Waals surface area (Å²) in [5.41, 5.74) is -1.95.